The van der Waals surface area contributed by atoms with Crippen molar-refractivity contribution in [2.75, 3.05) is 19.9 Å². The minimum atomic E-state index is -0.687. The first-order chi connectivity index (χ1) is 12.3. The SMILES string of the molecule is CSc1nc(=O)[nH]c(C)c1C(=O)OCC(=O)N(C)Cc1ccccc1C. The molecule has 0 aliphatic carbocycles. The van der Waals surface area contributed by atoms with E-state index in [2.05, 4.69) is 9.97 Å². The van der Waals surface area contributed by atoms with E-state index in [0.717, 1.165) is 11.1 Å². The molecule has 8 heteroatoms. The smallest absolute Gasteiger partial charge is 0.346 e. The first-order valence-electron chi connectivity index (χ1n) is 7.94. The quantitative estimate of drug-likeness (QED) is 0.471. The molecule has 0 aliphatic heterocycles. The van der Waals surface area contributed by atoms with Crippen molar-refractivity contribution in [2.45, 2.75) is 25.4 Å². The Labute approximate surface area is 155 Å². The summed E-state index contributed by atoms with van der Waals surface area (Å²) in [6, 6.07) is 7.78. The highest BCUT2D eigenvalue weighted by Gasteiger charge is 2.20. The largest absolute Gasteiger partial charge is 0.452 e. The maximum absolute atomic E-state index is 12.3. The van der Waals surface area contributed by atoms with E-state index in [4.69, 9.17) is 4.74 Å². The van der Waals surface area contributed by atoms with E-state index in [1.54, 1.807) is 20.2 Å². The molecule has 0 radical (unpaired) electrons. The highest BCUT2D eigenvalue weighted by atomic mass is 32.2. The summed E-state index contributed by atoms with van der Waals surface area (Å²) in [6.07, 6.45) is 1.71. The van der Waals surface area contributed by atoms with E-state index in [1.807, 2.05) is 31.2 Å². The number of aromatic nitrogens is 2. The van der Waals surface area contributed by atoms with Gasteiger partial charge in [0.25, 0.3) is 5.91 Å². The summed E-state index contributed by atoms with van der Waals surface area (Å²) in [4.78, 5) is 43.7. The van der Waals surface area contributed by atoms with Gasteiger partial charge in [0.2, 0.25) is 0 Å². The molecule has 0 saturated carbocycles. The Morgan fingerprint density at radius 3 is 2.62 bits per heavy atom. The van der Waals surface area contributed by atoms with Crippen molar-refractivity contribution < 1.29 is 14.3 Å². The lowest BCUT2D eigenvalue weighted by molar-refractivity contribution is -0.133. The van der Waals surface area contributed by atoms with Crippen molar-refractivity contribution in [2.24, 2.45) is 0 Å². The summed E-state index contributed by atoms with van der Waals surface area (Å²) < 4.78 is 5.14. The van der Waals surface area contributed by atoms with Gasteiger partial charge in [0, 0.05) is 19.3 Å². The molecule has 1 aromatic carbocycles. The number of esters is 1. The number of hydrogen-bond acceptors (Lipinski definition) is 6. The summed E-state index contributed by atoms with van der Waals surface area (Å²) in [5.74, 6) is -1.00. The van der Waals surface area contributed by atoms with Gasteiger partial charge in [-0.25, -0.2) is 9.59 Å². The molecule has 1 amide bonds. The Kier molecular flexibility index (Phi) is 6.57. The number of nitrogens with zero attached hydrogens (tertiary/aromatic N) is 2. The Bertz CT molecular complexity index is 879. The van der Waals surface area contributed by atoms with Crippen LogP contribution < -0.4 is 5.69 Å². The number of hydrogen-bond donors (Lipinski definition) is 1. The van der Waals surface area contributed by atoms with Gasteiger partial charge in [-0.3, -0.25) is 4.79 Å². The Balaban J connectivity index is 2.02. The molecule has 26 heavy (non-hydrogen) atoms. The molecule has 0 spiro atoms. The van der Waals surface area contributed by atoms with Gasteiger partial charge in [0.05, 0.1) is 0 Å². The standard InChI is InChI=1S/C18H21N3O4S/c1-11-7-5-6-8-13(11)9-21(3)14(22)10-25-17(23)15-12(2)19-18(24)20-16(15)26-4/h5-8H,9-10H2,1-4H3,(H,19,20,24). The van der Waals surface area contributed by atoms with Gasteiger partial charge >= 0.3 is 11.7 Å². The molecule has 2 rings (SSSR count). The van der Waals surface area contributed by atoms with Gasteiger partial charge in [-0.1, -0.05) is 24.3 Å². The van der Waals surface area contributed by atoms with Gasteiger partial charge in [-0.15, -0.1) is 11.8 Å². The first-order valence-corrected chi connectivity index (χ1v) is 9.16. The van der Waals surface area contributed by atoms with Crippen LogP contribution in [0.5, 0.6) is 0 Å². The average Bonchev–Trinajstić information content (AvgIpc) is 2.60. The normalized spacial score (nSPS) is 10.5. The number of carbonyl (C=O) groups excluding carboxylic acids is 2. The number of nitrogens with one attached hydrogen (secondary N) is 1. The number of rotatable bonds is 6. The van der Waals surface area contributed by atoms with Crippen LogP contribution in [0.3, 0.4) is 0 Å². The zero-order chi connectivity index (χ0) is 19.3. The van der Waals surface area contributed by atoms with Gasteiger partial charge in [0.15, 0.2) is 6.61 Å². The van der Waals surface area contributed by atoms with Crippen LogP contribution in [-0.4, -0.2) is 46.7 Å². The second-order valence-corrected chi connectivity index (χ2v) is 6.60. The van der Waals surface area contributed by atoms with Crippen molar-refractivity contribution in [1.29, 1.82) is 0 Å². The monoisotopic (exact) mass is 375 g/mol. The fourth-order valence-electron chi connectivity index (χ4n) is 2.39. The lowest BCUT2D eigenvalue weighted by Crippen LogP contribution is -2.31. The zero-order valence-electron chi connectivity index (χ0n) is 15.2. The molecule has 7 nitrogen and oxygen atoms in total. The van der Waals surface area contributed by atoms with Crippen molar-refractivity contribution in [3.05, 3.63) is 57.1 Å². The molecule has 138 valence electrons. The minimum Gasteiger partial charge on any atom is -0.452 e. The van der Waals surface area contributed by atoms with Gasteiger partial charge in [0.1, 0.15) is 10.6 Å². The van der Waals surface area contributed by atoms with Crippen molar-refractivity contribution in [3.63, 3.8) is 0 Å². The lowest BCUT2D eigenvalue weighted by Gasteiger charge is -2.18. The molecule has 0 fully saturated rings. The number of benzene rings is 1. The van der Waals surface area contributed by atoms with E-state index in [-0.39, 0.29) is 23.1 Å². The fourth-order valence-corrected chi connectivity index (χ4v) is 3.00. The molecule has 2 aromatic rings. The summed E-state index contributed by atoms with van der Waals surface area (Å²) in [7, 11) is 1.66. The molecule has 0 aliphatic rings. The van der Waals surface area contributed by atoms with Crippen molar-refractivity contribution >= 4 is 23.6 Å². The number of H-pyrrole nitrogens is 1. The van der Waals surface area contributed by atoms with Crippen molar-refractivity contribution in [1.82, 2.24) is 14.9 Å². The molecular weight excluding hydrogens is 354 g/mol. The summed E-state index contributed by atoms with van der Waals surface area (Å²) in [5, 5.41) is 0.275. The number of aromatic amines is 1. The Hall–Kier alpha value is -2.61. The maximum Gasteiger partial charge on any atom is 0.346 e. The predicted molar refractivity (Wildman–Crippen MR) is 99.3 cm³/mol. The molecular formula is C18H21N3O4S. The van der Waals surface area contributed by atoms with Gasteiger partial charge in [-0.2, -0.15) is 4.98 Å². The average molecular weight is 375 g/mol. The van der Waals surface area contributed by atoms with Crippen LogP contribution in [0.2, 0.25) is 0 Å². The summed E-state index contributed by atoms with van der Waals surface area (Å²) in [5.41, 5.74) is 2.12. The van der Waals surface area contributed by atoms with E-state index in [1.165, 1.54) is 16.7 Å². The van der Waals surface area contributed by atoms with E-state index in [9.17, 15) is 14.4 Å². The number of likely N-dealkylation sites (N-methyl/N-ethyl adjacent to an activating group) is 1. The van der Waals surface area contributed by atoms with Crippen LogP contribution >= 0.6 is 11.8 Å². The third-order valence-electron chi connectivity index (χ3n) is 3.91. The Morgan fingerprint density at radius 2 is 1.96 bits per heavy atom. The lowest BCUT2D eigenvalue weighted by atomic mass is 10.1. The molecule has 0 bridgehead atoms. The topological polar surface area (TPSA) is 92.4 Å². The van der Waals surface area contributed by atoms with Gasteiger partial charge < -0.3 is 14.6 Å². The van der Waals surface area contributed by atoms with Crippen LogP contribution in [0.1, 0.15) is 27.2 Å². The summed E-state index contributed by atoms with van der Waals surface area (Å²) >= 11 is 1.17. The second kappa shape index (κ2) is 8.66. The highest BCUT2D eigenvalue weighted by molar-refractivity contribution is 7.98. The Morgan fingerprint density at radius 1 is 1.27 bits per heavy atom. The van der Waals surface area contributed by atoms with Crippen molar-refractivity contribution in [3.8, 4) is 0 Å². The van der Waals surface area contributed by atoms with E-state index >= 15 is 0 Å². The number of thioether (sulfide) groups is 1. The predicted octanol–water partition coefficient (Wildman–Crippen LogP) is 1.92. The van der Waals surface area contributed by atoms with Crippen LogP contribution in [-0.2, 0) is 16.1 Å². The third-order valence-corrected chi connectivity index (χ3v) is 4.59. The maximum atomic E-state index is 12.3. The van der Waals surface area contributed by atoms with E-state index in [0.29, 0.717) is 12.2 Å². The molecule has 0 unspecified atom stereocenters. The molecule has 1 N–H and O–H groups in total. The number of amides is 1. The number of aryl methyl sites for hydroxylation is 2. The molecule has 1 aromatic heterocycles. The number of ether oxygens (including phenoxy) is 1. The minimum absolute atomic E-state index is 0.173. The second-order valence-electron chi connectivity index (χ2n) is 5.80. The molecule has 0 saturated heterocycles. The summed E-state index contributed by atoms with van der Waals surface area (Å²) in [6.45, 7) is 3.61. The molecule has 1 heterocycles. The first kappa shape index (κ1) is 19.7. The van der Waals surface area contributed by atoms with Crippen LogP contribution in [0, 0.1) is 13.8 Å². The van der Waals surface area contributed by atoms with Crippen LogP contribution in [0.4, 0.5) is 0 Å². The third kappa shape index (κ3) is 4.72. The highest BCUT2D eigenvalue weighted by Crippen LogP contribution is 2.19. The van der Waals surface area contributed by atoms with Gasteiger partial charge in [-0.05, 0) is 31.2 Å². The van der Waals surface area contributed by atoms with Crippen LogP contribution in [0.25, 0.3) is 0 Å². The number of carbonyl (C=O) groups is 2. The molecule has 0 atom stereocenters. The van der Waals surface area contributed by atoms with Crippen LogP contribution in [0.15, 0.2) is 34.1 Å². The fraction of sp³-hybridized carbons (Fsp3) is 0.333. The zero-order valence-corrected chi connectivity index (χ0v) is 16.0. The van der Waals surface area contributed by atoms with E-state index < -0.39 is 11.7 Å².